The summed E-state index contributed by atoms with van der Waals surface area (Å²) in [5.41, 5.74) is 2.54. The van der Waals surface area contributed by atoms with Gasteiger partial charge in [0.1, 0.15) is 0 Å². The first-order chi connectivity index (χ1) is 5.54. The van der Waals surface area contributed by atoms with Crippen molar-refractivity contribution in [2.45, 2.75) is 4.90 Å². The minimum Gasteiger partial charge on any atom is -0.307 e. The third-order valence-electron chi connectivity index (χ3n) is 1.30. The Kier molecular flexibility index (Phi) is 2.32. The predicted molar refractivity (Wildman–Crippen MR) is 43.0 cm³/mol. The molecule has 0 aliphatic rings. The van der Waals surface area contributed by atoms with Gasteiger partial charge in [0.25, 0.3) is 10.1 Å². The van der Waals surface area contributed by atoms with Gasteiger partial charge in [-0.2, -0.15) is 14.3 Å². The number of rotatable bonds is 2. The lowest BCUT2D eigenvalue weighted by atomic mass is 10.3. The molecular formula is C6H7N2O3S. The van der Waals surface area contributed by atoms with E-state index < -0.39 is 10.1 Å². The normalized spacial score (nSPS) is 11.2. The molecule has 1 aromatic carbocycles. The van der Waals surface area contributed by atoms with Crippen LogP contribution in [0.4, 0.5) is 5.69 Å². The van der Waals surface area contributed by atoms with Gasteiger partial charge >= 0.3 is 0 Å². The first kappa shape index (κ1) is 8.98. The van der Waals surface area contributed by atoms with E-state index in [9.17, 15) is 8.42 Å². The highest BCUT2D eigenvalue weighted by Gasteiger charge is 2.07. The zero-order valence-electron chi connectivity index (χ0n) is 5.98. The topological polar surface area (TPSA) is 90.2 Å². The van der Waals surface area contributed by atoms with Crippen molar-refractivity contribution in [1.29, 1.82) is 0 Å². The minimum absolute atomic E-state index is 0.179. The molecule has 0 saturated heterocycles. The molecule has 0 saturated carbocycles. The van der Waals surface area contributed by atoms with Crippen molar-refractivity contribution in [3.05, 3.63) is 24.3 Å². The highest BCUT2D eigenvalue weighted by Crippen LogP contribution is 2.12. The summed E-state index contributed by atoms with van der Waals surface area (Å²) >= 11 is 0. The summed E-state index contributed by atoms with van der Waals surface area (Å²) in [5, 5.41) is 0. The van der Waals surface area contributed by atoms with Gasteiger partial charge in [-0.1, -0.05) is 0 Å². The molecule has 0 heterocycles. The fraction of sp³-hybridized carbons (Fsp3) is 0. The van der Waals surface area contributed by atoms with Crippen molar-refractivity contribution < 1.29 is 13.0 Å². The predicted octanol–water partition coefficient (Wildman–Crippen LogP) is 0.543. The van der Waals surface area contributed by atoms with Crippen LogP contribution in [0.25, 0.3) is 0 Å². The Labute approximate surface area is 69.9 Å². The van der Waals surface area contributed by atoms with Crippen LogP contribution < -0.4 is 11.3 Å². The first-order valence-electron chi connectivity index (χ1n) is 3.04. The zero-order chi connectivity index (χ0) is 9.19. The van der Waals surface area contributed by atoms with E-state index in [2.05, 4.69) is 5.43 Å². The average molecular weight is 187 g/mol. The Balaban J connectivity index is 3.09. The molecule has 0 unspecified atom stereocenters. The Hall–Kier alpha value is -1.11. The highest BCUT2D eigenvalue weighted by atomic mass is 32.2. The van der Waals surface area contributed by atoms with E-state index in [0.717, 1.165) is 0 Å². The van der Waals surface area contributed by atoms with Crippen LogP contribution in [0.15, 0.2) is 29.2 Å². The average Bonchev–Trinajstić information content (AvgIpc) is 2.03. The zero-order valence-corrected chi connectivity index (χ0v) is 6.80. The van der Waals surface area contributed by atoms with E-state index in [1.807, 2.05) is 0 Å². The molecule has 12 heavy (non-hydrogen) atoms. The number of hydrogen-bond donors (Lipinski definition) is 2. The molecule has 6 heteroatoms. The highest BCUT2D eigenvalue weighted by molar-refractivity contribution is 7.85. The van der Waals surface area contributed by atoms with Crippen molar-refractivity contribution in [2.24, 2.45) is 0 Å². The lowest BCUT2D eigenvalue weighted by molar-refractivity contribution is 0.483. The van der Waals surface area contributed by atoms with Gasteiger partial charge in [-0.15, -0.1) is 0 Å². The Morgan fingerprint density at radius 1 is 1.25 bits per heavy atom. The van der Waals surface area contributed by atoms with Crippen molar-refractivity contribution in [2.75, 3.05) is 5.43 Å². The SMILES string of the molecule is [NH]Nc1ccc(S(=O)(=O)O)cc1. The van der Waals surface area contributed by atoms with E-state index in [4.69, 9.17) is 10.4 Å². The fourth-order valence-corrected chi connectivity index (χ4v) is 1.19. The summed E-state index contributed by atoms with van der Waals surface area (Å²) in [7, 11) is -4.12. The molecule has 0 spiro atoms. The maximum Gasteiger partial charge on any atom is 0.294 e. The van der Waals surface area contributed by atoms with Crippen LogP contribution in [0.3, 0.4) is 0 Å². The molecule has 1 aromatic rings. The van der Waals surface area contributed by atoms with Gasteiger partial charge in [0, 0.05) is 0 Å². The van der Waals surface area contributed by atoms with Gasteiger partial charge in [0.2, 0.25) is 0 Å². The molecule has 0 bridgehead atoms. The smallest absolute Gasteiger partial charge is 0.294 e. The second-order valence-corrected chi connectivity index (χ2v) is 3.55. The lowest BCUT2D eigenvalue weighted by Crippen LogP contribution is -1.98. The third-order valence-corrected chi connectivity index (χ3v) is 2.16. The second-order valence-electron chi connectivity index (χ2n) is 2.12. The standard InChI is InChI=1S/C6H7N2O3S/c7-8-5-1-3-6(4-2-5)12(9,10)11/h1-4,7-8H,(H,9,10,11). The van der Waals surface area contributed by atoms with E-state index in [-0.39, 0.29) is 4.90 Å². The third kappa shape index (κ3) is 1.94. The van der Waals surface area contributed by atoms with Gasteiger partial charge in [0.05, 0.1) is 10.6 Å². The largest absolute Gasteiger partial charge is 0.307 e. The summed E-state index contributed by atoms with van der Waals surface area (Å²) in [5.74, 6) is 6.71. The van der Waals surface area contributed by atoms with E-state index in [0.29, 0.717) is 5.69 Å². The van der Waals surface area contributed by atoms with Crippen LogP contribution in [0.5, 0.6) is 0 Å². The van der Waals surface area contributed by atoms with Crippen LogP contribution in [-0.4, -0.2) is 13.0 Å². The van der Waals surface area contributed by atoms with E-state index in [1.54, 1.807) is 0 Å². The molecule has 5 nitrogen and oxygen atoms in total. The quantitative estimate of drug-likeness (QED) is 0.522. The van der Waals surface area contributed by atoms with Gasteiger partial charge in [0.15, 0.2) is 0 Å². The van der Waals surface area contributed by atoms with Crippen molar-refractivity contribution >= 4 is 15.8 Å². The van der Waals surface area contributed by atoms with Crippen LogP contribution in [0.1, 0.15) is 0 Å². The van der Waals surface area contributed by atoms with Gasteiger partial charge in [-0.3, -0.25) is 4.55 Å². The van der Waals surface area contributed by atoms with Gasteiger partial charge < -0.3 is 5.43 Å². The molecule has 0 aliphatic heterocycles. The number of anilines is 1. The summed E-state index contributed by atoms with van der Waals surface area (Å²) in [6, 6.07) is 5.20. The number of hydrogen-bond acceptors (Lipinski definition) is 3. The van der Waals surface area contributed by atoms with Crippen LogP contribution in [0, 0.1) is 0 Å². The second kappa shape index (κ2) is 3.10. The maximum absolute atomic E-state index is 10.5. The molecular weight excluding hydrogens is 180 g/mol. The number of nitrogens with one attached hydrogen (secondary N) is 2. The van der Waals surface area contributed by atoms with Crippen LogP contribution in [-0.2, 0) is 10.1 Å². The summed E-state index contributed by atoms with van der Waals surface area (Å²) in [4.78, 5) is -0.179. The van der Waals surface area contributed by atoms with Crippen molar-refractivity contribution in [1.82, 2.24) is 5.84 Å². The summed E-state index contributed by atoms with van der Waals surface area (Å²) < 4.78 is 29.6. The van der Waals surface area contributed by atoms with Gasteiger partial charge in [-0.05, 0) is 24.3 Å². The monoisotopic (exact) mass is 187 g/mol. The molecule has 3 N–H and O–H groups in total. The first-order valence-corrected chi connectivity index (χ1v) is 4.48. The van der Waals surface area contributed by atoms with E-state index in [1.165, 1.54) is 24.3 Å². The maximum atomic E-state index is 10.5. The van der Waals surface area contributed by atoms with Crippen LogP contribution >= 0.6 is 0 Å². The lowest BCUT2D eigenvalue weighted by Gasteiger charge is -1.99. The molecule has 0 amide bonds. The summed E-state index contributed by atoms with van der Waals surface area (Å²) in [6.07, 6.45) is 0. The van der Waals surface area contributed by atoms with Crippen molar-refractivity contribution in [3.8, 4) is 0 Å². The van der Waals surface area contributed by atoms with Crippen LogP contribution in [0.2, 0.25) is 0 Å². The molecule has 0 atom stereocenters. The fourth-order valence-electron chi connectivity index (χ4n) is 0.710. The van der Waals surface area contributed by atoms with Gasteiger partial charge in [-0.25, -0.2) is 0 Å². The minimum atomic E-state index is -4.12. The molecule has 0 aliphatic carbocycles. The summed E-state index contributed by atoms with van der Waals surface area (Å²) in [6.45, 7) is 0. The Morgan fingerprint density at radius 3 is 2.08 bits per heavy atom. The molecule has 1 radical (unpaired) electrons. The Morgan fingerprint density at radius 2 is 1.75 bits per heavy atom. The van der Waals surface area contributed by atoms with Crippen molar-refractivity contribution in [3.63, 3.8) is 0 Å². The molecule has 65 valence electrons. The Bertz CT molecular complexity index is 357. The molecule has 0 fully saturated rings. The van der Waals surface area contributed by atoms with E-state index >= 15 is 0 Å². The number of benzene rings is 1. The molecule has 1 rings (SSSR count). The molecule has 0 aromatic heterocycles.